The highest BCUT2D eigenvalue weighted by Gasteiger charge is 1.99. The van der Waals surface area contributed by atoms with E-state index in [0.717, 1.165) is 9.05 Å². The summed E-state index contributed by atoms with van der Waals surface area (Å²) in [5.74, 6) is 0. The minimum absolute atomic E-state index is 0.650. The van der Waals surface area contributed by atoms with Gasteiger partial charge in [0.25, 0.3) is 0 Å². The zero-order chi connectivity index (χ0) is 9.80. The second kappa shape index (κ2) is 4.42. The normalized spacial score (nSPS) is 10.4. The average Bonchev–Trinajstić information content (AvgIpc) is 2.77. The van der Waals surface area contributed by atoms with Gasteiger partial charge in [-0.3, -0.25) is 0 Å². The monoisotopic (exact) mass is 275 g/mol. The average molecular weight is 276 g/mol. The quantitative estimate of drug-likeness (QED) is 0.870. The van der Waals surface area contributed by atoms with Gasteiger partial charge in [-0.05, 0) is 21.1 Å². The van der Waals surface area contributed by atoms with Crippen molar-refractivity contribution >= 4 is 32.4 Å². The van der Waals surface area contributed by atoms with Gasteiger partial charge in [-0.1, -0.05) is 11.3 Å². The van der Waals surface area contributed by atoms with Crippen molar-refractivity contribution < 1.29 is 0 Å². The van der Waals surface area contributed by atoms with Crippen molar-refractivity contribution in [1.29, 1.82) is 0 Å². The Labute approximate surface area is 91.7 Å². The van der Waals surface area contributed by atoms with Crippen LogP contribution in [0.4, 0.5) is 5.13 Å². The maximum absolute atomic E-state index is 3.88. The van der Waals surface area contributed by atoms with E-state index in [9.17, 15) is 0 Å². The summed E-state index contributed by atoms with van der Waals surface area (Å²) in [5, 5.41) is 22.7. The lowest BCUT2D eigenvalue weighted by molar-refractivity contribution is 0.538. The van der Waals surface area contributed by atoms with Crippen LogP contribution in [0.5, 0.6) is 0 Å². The molecule has 2 rings (SSSR count). The SMILES string of the molecule is Brc1nnc(NCCn2ncnn2)s1. The number of anilines is 1. The Kier molecular flexibility index (Phi) is 2.99. The minimum atomic E-state index is 0.650. The van der Waals surface area contributed by atoms with Crippen LogP contribution in [-0.4, -0.2) is 36.9 Å². The van der Waals surface area contributed by atoms with E-state index >= 15 is 0 Å². The van der Waals surface area contributed by atoms with Crippen LogP contribution in [0.3, 0.4) is 0 Å². The van der Waals surface area contributed by atoms with Gasteiger partial charge in [-0.15, -0.1) is 20.4 Å². The summed E-state index contributed by atoms with van der Waals surface area (Å²) in [5.41, 5.74) is 0. The molecule has 2 aromatic heterocycles. The number of hydrogen-bond donors (Lipinski definition) is 1. The second-order valence-electron chi connectivity index (χ2n) is 2.32. The van der Waals surface area contributed by atoms with Crippen LogP contribution in [-0.2, 0) is 6.54 Å². The predicted molar refractivity (Wildman–Crippen MR) is 53.9 cm³/mol. The Morgan fingerprint density at radius 1 is 1.50 bits per heavy atom. The number of nitrogens with one attached hydrogen (secondary N) is 1. The lowest BCUT2D eigenvalue weighted by atomic mass is 10.6. The molecule has 0 saturated carbocycles. The maximum atomic E-state index is 3.88. The van der Waals surface area contributed by atoms with Gasteiger partial charge in [-0.25, -0.2) is 0 Å². The summed E-state index contributed by atoms with van der Waals surface area (Å²) < 4.78 is 0.763. The van der Waals surface area contributed by atoms with Crippen molar-refractivity contribution in [1.82, 2.24) is 30.4 Å². The van der Waals surface area contributed by atoms with Gasteiger partial charge in [0.2, 0.25) is 5.13 Å². The highest BCUT2D eigenvalue weighted by molar-refractivity contribution is 9.11. The number of halogens is 1. The Morgan fingerprint density at radius 3 is 3.07 bits per heavy atom. The fourth-order valence-electron chi connectivity index (χ4n) is 0.831. The summed E-state index contributed by atoms with van der Waals surface area (Å²) in [4.78, 5) is 1.50. The van der Waals surface area contributed by atoms with Crippen LogP contribution in [0, 0.1) is 0 Å². The molecule has 0 bridgehead atoms. The zero-order valence-corrected chi connectivity index (χ0v) is 9.36. The van der Waals surface area contributed by atoms with E-state index in [1.54, 1.807) is 0 Å². The molecule has 0 amide bonds. The van der Waals surface area contributed by atoms with Crippen molar-refractivity contribution in [3.63, 3.8) is 0 Å². The summed E-state index contributed by atoms with van der Waals surface area (Å²) in [6.45, 7) is 1.34. The summed E-state index contributed by atoms with van der Waals surface area (Å²) in [7, 11) is 0. The topological polar surface area (TPSA) is 81.4 Å². The molecule has 14 heavy (non-hydrogen) atoms. The summed E-state index contributed by atoms with van der Waals surface area (Å²) >= 11 is 4.67. The molecule has 2 heterocycles. The van der Waals surface area contributed by atoms with E-state index in [1.807, 2.05) is 0 Å². The molecule has 0 spiro atoms. The van der Waals surface area contributed by atoms with Crippen LogP contribution in [0.2, 0.25) is 0 Å². The van der Waals surface area contributed by atoms with Crippen molar-refractivity contribution in [2.45, 2.75) is 6.54 Å². The van der Waals surface area contributed by atoms with Crippen LogP contribution >= 0.6 is 27.3 Å². The van der Waals surface area contributed by atoms with Crippen LogP contribution in [0.15, 0.2) is 10.2 Å². The van der Waals surface area contributed by atoms with Gasteiger partial charge in [0.15, 0.2) is 10.2 Å². The molecule has 9 heteroatoms. The predicted octanol–water partition coefficient (Wildman–Crippen LogP) is 0.399. The van der Waals surface area contributed by atoms with Gasteiger partial charge in [-0.2, -0.15) is 4.80 Å². The molecule has 7 nitrogen and oxygen atoms in total. The third-order valence-corrected chi connectivity index (χ3v) is 2.69. The smallest absolute Gasteiger partial charge is 0.206 e. The Balaban J connectivity index is 1.78. The molecule has 0 aromatic carbocycles. The van der Waals surface area contributed by atoms with Gasteiger partial charge in [0.1, 0.15) is 0 Å². The van der Waals surface area contributed by atoms with E-state index in [4.69, 9.17) is 0 Å². The Bertz CT molecular complexity index is 384. The Hall–Kier alpha value is -1.09. The molecule has 0 saturated heterocycles. The first-order chi connectivity index (χ1) is 6.84. The maximum Gasteiger partial charge on any atom is 0.206 e. The molecule has 0 radical (unpaired) electrons. The second-order valence-corrected chi connectivity index (χ2v) is 4.57. The number of aromatic nitrogens is 6. The number of tetrazole rings is 1. The van der Waals surface area contributed by atoms with E-state index < -0.39 is 0 Å². The minimum Gasteiger partial charge on any atom is -0.358 e. The summed E-state index contributed by atoms with van der Waals surface area (Å²) in [6, 6.07) is 0. The van der Waals surface area contributed by atoms with E-state index in [-0.39, 0.29) is 0 Å². The largest absolute Gasteiger partial charge is 0.358 e. The van der Waals surface area contributed by atoms with Gasteiger partial charge < -0.3 is 5.32 Å². The molecule has 0 aliphatic rings. The van der Waals surface area contributed by atoms with Gasteiger partial charge >= 0.3 is 0 Å². The fraction of sp³-hybridized carbons (Fsp3) is 0.400. The molecule has 0 fully saturated rings. The molecule has 0 aliphatic carbocycles. The van der Waals surface area contributed by atoms with Crippen molar-refractivity contribution in [3.8, 4) is 0 Å². The summed E-state index contributed by atoms with van der Waals surface area (Å²) in [6.07, 6.45) is 1.40. The van der Waals surface area contributed by atoms with Crippen molar-refractivity contribution in [2.75, 3.05) is 11.9 Å². The van der Waals surface area contributed by atoms with E-state index in [0.29, 0.717) is 13.1 Å². The van der Waals surface area contributed by atoms with Crippen LogP contribution < -0.4 is 5.32 Å². The number of rotatable bonds is 4. The first-order valence-corrected chi connectivity index (χ1v) is 5.39. The van der Waals surface area contributed by atoms with Crippen LogP contribution in [0.1, 0.15) is 0 Å². The van der Waals surface area contributed by atoms with Gasteiger partial charge in [0, 0.05) is 6.54 Å². The molecular formula is C5H6BrN7S. The highest BCUT2D eigenvalue weighted by Crippen LogP contribution is 2.19. The molecule has 1 N–H and O–H groups in total. The lowest BCUT2D eigenvalue weighted by Gasteiger charge is -1.99. The fourth-order valence-corrected chi connectivity index (χ4v) is 1.87. The molecule has 0 aliphatic heterocycles. The Morgan fingerprint density at radius 2 is 2.43 bits per heavy atom. The molecular weight excluding hydrogens is 270 g/mol. The zero-order valence-electron chi connectivity index (χ0n) is 6.96. The third-order valence-electron chi connectivity index (χ3n) is 1.38. The standard InChI is InChI=1S/C5H6BrN7S/c6-4-10-11-5(14-4)7-1-2-13-9-3-8-12-13/h3H,1-2H2,(H,7,11). The van der Waals surface area contributed by atoms with Gasteiger partial charge in [0.05, 0.1) is 6.54 Å². The number of hydrogen-bond acceptors (Lipinski definition) is 7. The van der Waals surface area contributed by atoms with Crippen molar-refractivity contribution in [2.24, 2.45) is 0 Å². The first kappa shape index (κ1) is 9.46. The van der Waals surface area contributed by atoms with E-state index in [2.05, 4.69) is 46.9 Å². The van der Waals surface area contributed by atoms with E-state index in [1.165, 1.54) is 22.5 Å². The van der Waals surface area contributed by atoms with Crippen molar-refractivity contribution in [3.05, 3.63) is 10.2 Å². The molecule has 74 valence electrons. The highest BCUT2D eigenvalue weighted by atomic mass is 79.9. The molecule has 2 aromatic rings. The first-order valence-electron chi connectivity index (χ1n) is 3.78. The third kappa shape index (κ3) is 2.45. The molecule has 0 atom stereocenters. The lowest BCUT2D eigenvalue weighted by Crippen LogP contribution is -2.12. The molecule has 0 unspecified atom stereocenters. The number of nitrogens with zero attached hydrogens (tertiary/aromatic N) is 6. The van der Waals surface area contributed by atoms with Crippen LogP contribution in [0.25, 0.3) is 0 Å².